The summed E-state index contributed by atoms with van der Waals surface area (Å²) in [6.07, 6.45) is 4.59. The van der Waals surface area contributed by atoms with Gasteiger partial charge in [0.15, 0.2) is 11.6 Å². The number of hydrogen-bond donors (Lipinski definition) is 2. The molecular weight excluding hydrogens is 442 g/mol. The molecule has 35 heavy (non-hydrogen) atoms. The molecule has 1 atom stereocenters. The zero-order valence-electron chi connectivity index (χ0n) is 20.6. The molecule has 0 radical (unpaired) electrons. The molecule has 0 fully saturated rings. The lowest BCUT2D eigenvalue weighted by atomic mass is 9.76. The quantitative estimate of drug-likeness (QED) is 0.188. The van der Waals surface area contributed by atoms with Crippen LogP contribution in [0.3, 0.4) is 0 Å². The molecular formula is C29H33NO5. The molecule has 1 amide bonds. The van der Waals surface area contributed by atoms with Crippen LogP contribution in [0.15, 0.2) is 76.9 Å². The van der Waals surface area contributed by atoms with Crippen molar-refractivity contribution in [2.75, 3.05) is 6.61 Å². The Bertz CT molecular complexity index is 1130. The van der Waals surface area contributed by atoms with Crippen molar-refractivity contribution in [2.24, 2.45) is 0 Å². The van der Waals surface area contributed by atoms with E-state index in [-0.39, 0.29) is 17.5 Å². The first-order chi connectivity index (χ1) is 16.8. The second-order valence-corrected chi connectivity index (χ2v) is 8.93. The van der Waals surface area contributed by atoms with Gasteiger partial charge in [-0.3, -0.25) is 19.6 Å². The lowest BCUT2D eigenvalue weighted by molar-refractivity contribution is -0.116. The molecule has 2 aromatic carbocycles. The number of benzene rings is 2. The smallest absolute Gasteiger partial charge is 0.274 e. The van der Waals surface area contributed by atoms with Crippen molar-refractivity contribution in [2.45, 2.75) is 58.8 Å². The third-order valence-corrected chi connectivity index (χ3v) is 6.66. The van der Waals surface area contributed by atoms with Crippen LogP contribution in [0.2, 0.25) is 0 Å². The highest BCUT2D eigenvalue weighted by Gasteiger charge is 2.33. The van der Waals surface area contributed by atoms with Gasteiger partial charge in [-0.15, -0.1) is 0 Å². The molecule has 0 aliphatic heterocycles. The van der Waals surface area contributed by atoms with E-state index in [2.05, 4.69) is 0 Å². The van der Waals surface area contributed by atoms with Gasteiger partial charge in [-0.1, -0.05) is 49.6 Å². The number of unbranched alkanes of at least 4 members (excludes halogenated alkanes) is 3. The van der Waals surface area contributed by atoms with Crippen molar-refractivity contribution in [3.8, 4) is 5.75 Å². The number of hydrogen-bond acceptors (Lipinski definition) is 5. The monoisotopic (exact) mass is 475 g/mol. The summed E-state index contributed by atoms with van der Waals surface area (Å²) in [5.41, 5.74) is 5.35. The molecule has 184 valence electrons. The van der Waals surface area contributed by atoms with Gasteiger partial charge < -0.3 is 4.74 Å². The molecule has 0 saturated heterocycles. The van der Waals surface area contributed by atoms with Crippen LogP contribution in [-0.4, -0.2) is 29.3 Å². The van der Waals surface area contributed by atoms with Gasteiger partial charge >= 0.3 is 0 Å². The number of allylic oxidation sites excluding steroid dienone is 4. The average Bonchev–Trinajstić information content (AvgIpc) is 2.89. The maximum absolute atomic E-state index is 13.2. The minimum absolute atomic E-state index is 0.00987. The fraction of sp³-hybridized carbons (Fsp3) is 0.345. The van der Waals surface area contributed by atoms with E-state index >= 15 is 0 Å². The Morgan fingerprint density at radius 3 is 2.11 bits per heavy atom. The summed E-state index contributed by atoms with van der Waals surface area (Å²) in [6, 6.07) is 16.6. The van der Waals surface area contributed by atoms with Gasteiger partial charge in [-0.05, 0) is 63.4 Å². The largest absolute Gasteiger partial charge is 0.494 e. The molecule has 6 nitrogen and oxygen atoms in total. The number of ether oxygens (including phenoxy) is 1. The number of hydroxylamine groups is 1. The van der Waals surface area contributed by atoms with Crippen LogP contribution in [0, 0.1) is 0 Å². The average molecular weight is 476 g/mol. The molecule has 0 bridgehead atoms. The summed E-state index contributed by atoms with van der Waals surface area (Å²) >= 11 is 0. The van der Waals surface area contributed by atoms with Crippen molar-refractivity contribution in [3.63, 3.8) is 0 Å². The fourth-order valence-electron chi connectivity index (χ4n) is 4.46. The fourth-order valence-corrected chi connectivity index (χ4v) is 4.46. The van der Waals surface area contributed by atoms with Gasteiger partial charge in [0.2, 0.25) is 0 Å². The van der Waals surface area contributed by atoms with E-state index in [0.29, 0.717) is 40.2 Å². The van der Waals surface area contributed by atoms with Crippen molar-refractivity contribution in [1.29, 1.82) is 0 Å². The number of rotatable bonds is 11. The summed E-state index contributed by atoms with van der Waals surface area (Å²) < 4.78 is 5.74. The molecule has 1 unspecified atom stereocenters. The number of carbonyl (C=O) groups excluding carboxylic acids is 3. The van der Waals surface area contributed by atoms with Crippen molar-refractivity contribution < 1.29 is 24.3 Å². The summed E-state index contributed by atoms with van der Waals surface area (Å²) in [7, 11) is 0. The minimum Gasteiger partial charge on any atom is -0.494 e. The molecule has 0 heterocycles. The first kappa shape index (κ1) is 26.1. The molecule has 0 spiro atoms. The third-order valence-electron chi connectivity index (χ3n) is 6.66. The van der Waals surface area contributed by atoms with Crippen molar-refractivity contribution in [3.05, 3.63) is 88.0 Å². The number of amides is 1. The lowest BCUT2D eigenvalue weighted by Gasteiger charge is -2.26. The molecule has 3 rings (SSSR count). The standard InChI is InChI=1S/C29H33NO5/c1-19-20(2)28(32)26(21(3)27(19)31)25(22-11-7-6-8-12-22)13-9-4-5-10-18-35-24-16-14-23(15-17-24)29(33)30-34/h6-8,11-12,14-17,25,34H,4-5,9-10,13,18H2,1-3H3,(H,30,33). The Kier molecular flexibility index (Phi) is 9.15. The van der Waals surface area contributed by atoms with Crippen molar-refractivity contribution in [1.82, 2.24) is 5.48 Å². The summed E-state index contributed by atoms with van der Waals surface area (Å²) in [5, 5.41) is 8.67. The molecule has 0 saturated carbocycles. The minimum atomic E-state index is -0.558. The SMILES string of the molecule is CC1=C(C)C(=O)C(C(CCCCCCOc2ccc(C(=O)NO)cc2)c2ccccc2)=C(C)C1=O. The lowest BCUT2D eigenvalue weighted by Crippen LogP contribution is -2.24. The topological polar surface area (TPSA) is 92.7 Å². The van der Waals surface area contributed by atoms with Gasteiger partial charge in [-0.2, -0.15) is 0 Å². The number of Topliss-reactive ketones (excluding diaryl/α,β-unsaturated/α-hetero) is 2. The second kappa shape index (κ2) is 12.3. The Morgan fingerprint density at radius 2 is 1.46 bits per heavy atom. The highest BCUT2D eigenvalue weighted by molar-refractivity contribution is 6.25. The Labute approximate surface area is 206 Å². The second-order valence-electron chi connectivity index (χ2n) is 8.93. The maximum Gasteiger partial charge on any atom is 0.274 e. The molecule has 6 heteroatoms. The van der Waals surface area contributed by atoms with Gasteiger partial charge in [0.25, 0.3) is 5.91 Å². The van der Waals surface area contributed by atoms with Crippen LogP contribution in [-0.2, 0) is 9.59 Å². The molecule has 1 aliphatic carbocycles. The Balaban J connectivity index is 1.54. The van der Waals surface area contributed by atoms with E-state index in [1.54, 1.807) is 50.5 Å². The van der Waals surface area contributed by atoms with Crippen LogP contribution < -0.4 is 10.2 Å². The number of carbonyl (C=O) groups is 3. The maximum atomic E-state index is 13.2. The first-order valence-electron chi connectivity index (χ1n) is 12.0. The predicted octanol–water partition coefficient (Wildman–Crippen LogP) is 5.72. The number of ketones is 2. The van der Waals surface area contributed by atoms with Crippen molar-refractivity contribution >= 4 is 17.5 Å². The van der Waals surface area contributed by atoms with Gasteiger partial charge in [-0.25, -0.2) is 5.48 Å². The zero-order chi connectivity index (χ0) is 25.4. The van der Waals surface area contributed by atoms with Gasteiger partial charge in [0, 0.05) is 33.8 Å². The van der Waals surface area contributed by atoms with Gasteiger partial charge in [0.1, 0.15) is 5.75 Å². The normalized spacial score (nSPS) is 14.9. The molecule has 0 aromatic heterocycles. The molecule has 1 aliphatic rings. The van der Waals surface area contributed by atoms with Crippen LogP contribution in [0.1, 0.15) is 74.7 Å². The highest BCUT2D eigenvalue weighted by atomic mass is 16.5. The predicted molar refractivity (Wildman–Crippen MR) is 135 cm³/mol. The van der Waals surface area contributed by atoms with E-state index in [4.69, 9.17) is 9.94 Å². The van der Waals surface area contributed by atoms with Gasteiger partial charge in [0.05, 0.1) is 6.61 Å². The van der Waals surface area contributed by atoms with E-state index in [1.807, 2.05) is 30.3 Å². The van der Waals surface area contributed by atoms with E-state index in [1.165, 1.54) is 0 Å². The first-order valence-corrected chi connectivity index (χ1v) is 12.0. The Hall–Kier alpha value is -3.51. The summed E-state index contributed by atoms with van der Waals surface area (Å²) in [4.78, 5) is 37.3. The van der Waals surface area contributed by atoms with E-state index in [9.17, 15) is 14.4 Å². The number of nitrogens with one attached hydrogen (secondary N) is 1. The van der Waals surface area contributed by atoms with E-state index in [0.717, 1.165) is 37.7 Å². The third kappa shape index (κ3) is 6.34. The highest BCUT2D eigenvalue weighted by Crippen LogP contribution is 2.37. The van der Waals surface area contributed by atoms with Crippen LogP contribution in [0.25, 0.3) is 0 Å². The van der Waals surface area contributed by atoms with E-state index < -0.39 is 5.91 Å². The van der Waals surface area contributed by atoms with Crippen LogP contribution >= 0.6 is 0 Å². The van der Waals surface area contributed by atoms with Crippen LogP contribution in [0.5, 0.6) is 5.75 Å². The Morgan fingerprint density at radius 1 is 0.829 bits per heavy atom. The van der Waals surface area contributed by atoms with Crippen LogP contribution in [0.4, 0.5) is 0 Å². The molecule has 2 aromatic rings. The summed E-state index contributed by atoms with van der Waals surface area (Å²) in [6.45, 7) is 5.82. The summed E-state index contributed by atoms with van der Waals surface area (Å²) in [5.74, 6) is -0.0201. The molecule has 2 N–H and O–H groups in total. The zero-order valence-corrected chi connectivity index (χ0v) is 20.6.